The monoisotopic (exact) mass is 127 g/mol. The van der Waals surface area contributed by atoms with Gasteiger partial charge in [-0.3, -0.25) is 0 Å². The van der Waals surface area contributed by atoms with E-state index in [1.807, 2.05) is 6.92 Å². The van der Waals surface area contributed by atoms with E-state index >= 15 is 0 Å². The molecule has 0 radical (unpaired) electrons. The summed E-state index contributed by atoms with van der Waals surface area (Å²) in [6.07, 6.45) is 0. The summed E-state index contributed by atoms with van der Waals surface area (Å²) < 4.78 is 0. The molecule has 0 aliphatic heterocycles. The van der Waals surface area contributed by atoms with E-state index in [9.17, 15) is 0 Å². The minimum absolute atomic E-state index is 0.106. The van der Waals surface area contributed by atoms with Gasteiger partial charge in [0.25, 0.3) is 0 Å². The van der Waals surface area contributed by atoms with E-state index in [0.717, 1.165) is 6.54 Å². The molecule has 0 aliphatic carbocycles. The van der Waals surface area contributed by atoms with Crippen molar-refractivity contribution in [3.8, 4) is 0 Å². The second-order valence-electron chi connectivity index (χ2n) is 2.94. The molecule has 54 valence electrons. The molecule has 0 fully saturated rings. The van der Waals surface area contributed by atoms with Crippen molar-refractivity contribution in [3.05, 3.63) is 12.2 Å². The minimum atomic E-state index is 0.106. The lowest BCUT2D eigenvalue weighted by Gasteiger charge is -2.25. The van der Waals surface area contributed by atoms with Crippen molar-refractivity contribution < 1.29 is 0 Å². The summed E-state index contributed by atoms with van der Waals surface area (Å²) in [5.74, 6) is 0. The second-order valence-corrected chi connectivity index (χ2v) is 2.94. The Morgan fingerprint density at radius 1 is 1.56 bits per heavy atom. The van der Waals surface area contributed by atoms with Crippen molar-refractivity contribution in [2.45, 2.75) is 33.2 Å². The first-order valence-corrected chi connectivity index (χ1v) is 3.41. The van der Waals surface area contributed by atoms with Crippen LogP contribution in [0.15, 0.2) is 12.2 Å². The fourth-order valence-corrected chi connectivity index (χ4v) is 0.593. The smallest absolute Gasteiger partial charge is 0.0331 e. The van der Waals surface area contributed by atoms with Crippen LogP contribution < -0.4 is 5.32 Å². The lowest BCUT2D eigenvalue weighted by molar-refractivity contribution is 0.466. The van der Waals surface area contributed by atoms with Crippen LogP contribution in [0.1, 0.15) is 27.7 Å². The van der Waals surface area contributed by atoms with E-state index in [2.05, 4.69) is 32.7 Å². The molecule has 0 saturated heterocycles. The minimum Gasteiger partial charge on any atom is -0.308 e. The molecule has 1 nitrogen and oxygen atoms in total. The number of hydrogen-bond donors (Lipinski definition) is 1. The molecular weight excluding hydrogens is 110 g/mol. The van der Waals surface area contributed by atoms with Crippen molar-refractivity contribution in [2.75, 3.05) is 6.54 Å². The molecule has 0 aromatic heterocycles. The first-order chi connectivity index (χ1) is 4.00. The SMILES string of the molecule is C=C(C)C(C)(C)NCC. The second kappa shape index (κ2) is 3.02. The van der Waals surface area contributed by atoms with Crippen molar-refractivity contribution in [3.63, 3.8) is 0 Å². The van der Waals surface area contributed by atoms with Crippen LogP contribution in [0.3, 0.4) is 0 Å². The van der Waals surface area contributed by atoms with Crippen LogP contribution in [-0.2, 0) is 0 Å². The van der Waals surface area contributed by atoms with Gasteiger partial charge in [0.05, 0.1) is 0 Å². The van der Waals surface area contributed by atoms with E-state index in [1.165, 1.54) is 5.57 Å². The molecule has 0 aliphatic rings. The Balaban J connectivity index is 3.85. The summed E-state index contributed by atoms with van der Waals surface area (Å²) in [5, 5.41) is 3.32. The molecule has 0 aromatic rings. The van der Waals surface area contributed by atoms with Crippen LogP contribution in [0.25, 0.3) is 0 Å². The Morgan fingerprint density at radius 2 is 2.00 bits per heavy atom. The van der Waals surface area contributed by atoms with Gasteiger partial charge in [-0.05, 0) is 27.3 Å². The maximum Gasteiger partial charge on any atom is 0.0331 e. The molecule has 1 heteroatoms. The highest BCUT2D eigenvalue weighted by molar-refractivity contribution is 5.09. The Morgan fingerprint density at radius 3 is 2.11 bits per heavy atom. The Kier molecular flexibility index (Phi) is 2.92. The van der Waals surface area contributed by atoms with Crippen LogP contribution in [0.5, 0.6) is 0 Å². The van der Waals surface area contributed by atoms with E-state index in [1.54, 1.807) is 0 Å². The molecule has 0 heterocycles. The van der Waals surface area contributed by atoms with Gasteiger partial charge in [-0.15, -0.1) is 0 Å². The quantitative estimate of drug-likeness (QED) is 0.571. The summed E-state index contributed by atoms with van der Waals surface area (Å²) in [6, 6.07) is 0. The zero-order valence-electron chi connectivity index (χ0n) is 6.91. The Labute approximate surface area is 58.2 Å². The summed E-state index contributed by atoms with van der Waals surface area (Å²) in [7, 11) is 0. The lowest BCUT2D eigenvalue weighted by atomic mass is 9.97. The fourth-order valence-electron chi connectivity index (χ4n) is 0.593. The van der Waals surface area contributed by atoms with Gasteiger partial charge in [0.1, 0.15) is 0 Å². The molecule has 1 N–H and O–H groups in total. The summed E-state index contributed by atoms with van der Waals surface area (Å²) >= 11 is 0. The summed E-state index contributed by atoms with van der Waals surface area (Å²) in [5.41, 5.74) is 1.29. The average Bonchev–Trinajstić information content (AvgIpc) is 1.65. The third-order valence-electron chi connectivity index (χ3n) is 1.69. The molecule has 0 aromatic carbocycles. The summed E-state index contributed by atoms with van der Waals surface area (Å²) in [6.45, 7) is 13.3. The Hall–Kier alpha value is -0.300. The van der Waals surface area contributed by atoms with Gasteiger partial charge in [-0.2, -0.15) is 0 Å². The summed E-state index contributed by atoms with van der Waals surface area (Å²) in [4.78, 5) is 0. The molecule has 0 amide bonds. The largest absolute Gasteiger partial charge is 0.308 e. The highest BCUT2D eigenvalue weighted by Gasteiger charge is 2.15. The van der Waals surface area contributed by atoms with Crippen LogP contribution in [0.2, 0.25) is 0 Å². The molecule has 0 atom stereocenters. The van der Waals surface area contributed by atoms with Crippen LogP contribution in [0, 0.1) is 0 Å². The number of likely N-dealkylation sites (N-methyl/N-ethyl adjacent to an activating group) is 1. The molecule has 0 unspecified atom stereocenters. The zero-order valence-corrected chi connectivity index (χ0v) is 6.91. The van der Waals surface area contributed by atoms with Gasteiger partial charge in [0.15, 0.2) is 0 Å². The first kappa shape index (κ1) is 8.70. The van der Waals surface area contributed by atoms with Gasteiger partial charge < -0.3 is 5.32 Å². The first-order valence-electron chi connectivity index (χ1n) is 3.41. The molecule has 0 saturated carbocycles. The van der Waals surface area contributed by atoms with Gasteiger partial charge in [0.2, 0.25) is 0 Å². The van der Waals surface area contributed by atoms with Gasteiger partial charge in [-0.1, -0.05) is 19.1 Å². The fraction of sp³-hybridized carbons (Fsp3) is 0.750. The Bertz CT molecular complexity index is 103. The van der Waals surface area contributed by atoms with E-state index in [4.69, 9.17) is 0 Å². The predicted octanol–water partition coefficient (Wildman–Crippen LogP) is 1.95. The number of hydrogen-bond acceptors (Lipinski definition) is 1. The van der Waals surface area contributed by atoms with Gasteiger partial charge >= 0.3 is 0 Å². The van der Waals surface area contributed by atoms with Crippen LogP contribution >= 0.6 is 0 Å². The maximum atomic E-state index is 3.88. The van der Waals surface area contributed by atoms with Crippen molar-refractivity contribution in [2.24, 2.45) is 0 Å². The topological polar surface area (TPSA) is 12.0 Å². The predicted molar refractivity (Wildman–Crippen MR) is 42.6 cm³/mol. The maximum absolute atomic E-state index is 3.88. The zero-order chi connectivity index (χ0) is 7.49. The number of nitrogens with one attached hydrogen (secondary N) is 1. The van der Waals surface area contributed by atoms with Crippen LogP contribution in [0.4, 0.5) is 0 Å². The molecule has 0 rings (SSSR count). The average molecular weight is 127 g/mol. The van der Waals surface area contributed by atoms with Crippen molar-refractivity contribution in [1.29, 1.82) is 0 Å². The number of rotatable bonds is 3. The van der Waals surface area contributed by atoms with Gasteiger partial charge in [0, 0.05) is 5.54 Å². The lowest BCUT2D eigenvalue weighted by Crippen LogP contribution is -2.39. The third kappa shape index (κ3) is 2.66. The van der Waals surface area contributed by atoms with Crippen molar-refractivity contribution in [1.82, 2.24) is 5.32 Å². The third-order valence-corrected chi connectivity index (χ3v) is 1.69. The van der Waals surface area contributed by atoms with E-state index < -0.39 is 0 Å². The normalized spacial score (nSPS) is 11.6. The molecule has 9 heavy (non-hydrogen) atoms. The van der Waals surface area contributed by atoms with Crippen LogP contribution in [-0.4, -0.2) is 12.1 Å². The molecule has 0 bridgehead atoms. The van der Waals surface area contributed by atoms with E-state index in [-0.39, 0.29) is 5.54 Å². The standard InChI is InChI=1S/C8H17N/c1-6-9-8(4,5)7(2)3/h9H,2,6H2,1,3-5H3. The van der Waals surface area contributed by atoms with Gasteiger partial charge in [-0.25, -0.2) is 0 Å². The van der Waals surface area contributed by atoms with Crippen molar-refractivity contribution >= 4 is 0 Å². The van der Waals surface area contributed by atoms with E-state index in [0.29, 0.717) is 0 Å². The molecule has 0 spiro atoms. The molecular formula is C8H17N. The highest BCUT2D eigenvalue weighted by atomic mass is 14.9. The highest BCUT2D eigenvalue weighted by Crippen LogP contribution is 2.11.